The summed E-state index contributed by atoms with van der Waals surface area (Å²) in [5.41, 5.74) is 2.24. The topological polar surface area (TPSA) is 97.3 Å². The van der Waals surface area contributed by atoms with E-state index < -0.39 is 11.9 Å². The second kappa shape index (κ2) is 7.67. The van der Waals surface area contributed by atoms with Crippen LogP contribution >= 0.6 is 11.7 Å². The van der Waals surface area contributed by atoms with Crippen LogP contribution in [-0.2, 0) is 9.53 Å². The van der Waals surface area contributed by atoms with Crippen LogP contribution in [0.4, 0.5) is 11.5 Å². The van der Waals surface area contributed by atoms with E-state index in [0.717, 1.165) is 37.7 Å². The Balaban J connectivity index is 1.41. The lowest BCUT2D eigenvalue weighted by molar-refractivity contribution is -0.119. The van der Waals surface area contributed by atoms with Crippen LogP contribution in [0.15, 0.2) is 36.5 Å². The van der Waals surface area contributed by atoms with Crippen molar-refractivity contribution in [2.75, 3.05) is 29.9 Å². The molecule has 3 aromatic rings. The van der Waals surface area contributed by atoms with Crippen molar-refractivity contribution in [2.45, 2.75) is 12.8 Å². The summed E-state index contributed by atoms with van der Waals surface area (Å²) in [6.07, 6.45) is 3.80. The van der Waals surface area contributed by atoms with Crippen molar-refractivity contribution < 1.29 is 14.3 Å². The highest BCUT2D eigenvalue weighted by atomic mass is 32.1. The van der Waals surface area contributed by atoms with Crippen LogP contribution in [-0.4, -0.2) is 45.3 Å². The average Bonchev–Trinajstić information content (AvgIpc) is 3.38. The summed E-state index contributed by atoms with van der Waals surface area (Å²) >= 11 is 1.07. The molecule has 1 N–H and O–H groups in total. The first kappa shape index (κ1) is 17.3. The van der Waals surface area contributed by atoms with Gasteiger partial charge in [-0.15, -0.1) is 0 Å². The molecule has 0 spiro atoms. The molecule has 4 rings (SSSR count). The van der Waals surface area contributed by atoms with Crippen molar-refractivity contribution in [3.8, 4) is 0 Å². The number of carbonyl (C=O) groups is 2. The number of carbonyl (C=O) groups excluding carboxylic acids is 2. The summed E-state index contributed by atoms with van der Waals surface area (Å²) in [6, 6.07) is 8.69. The lowest BCUT2D eigenvalue weighted by Gasteiger charge is -2.18. The molecule has 8 nitrogen and oxygen atoms in total. The first-order valence-corrected chi connectivity index (χ1v) is 9.33. The number of hydrogen-bond acceptors (Lipinski definition) is 8. The van der Waals surface area contributed by atoms with Crippen LogP contribution in [0, 0.1) is 0 Å². The van der Waals surface area contributed by atoms with Crippen molar-refractivity contribution >= 4 is 46.1 Å². The number of pyridine rings is 1. The van der Waals surface area contributed by atoms with Gasteiger partial charge in [0.05, 0.1) is 17.4 Å². The van der Waals surface area contributed by atoms with E-state index in [2.05, 4.69) is 23.9 Å². The van der Waals surface area contributed by atoms with Gasteiger partial charge in [0.2, 0.25) is 0 Å². The SMILES string of the molecule is O=C(COC(=O)c1cccnc1N1CCCC1)Nc1cccc2nsnc12. The van der Waals surface area contributed by atoms with Crippen LogP contribution in [0.5, 0.6) is 0 Å². The molecule has 0 radical (unpaired) electrons. The minimum atomic E-state index is -0.561. The zero-order valence-corrected chi connectivity index (χ0v) is 15.2. The predicted octanol–water partition coefficient (Wildman–Crippen LogP) is 2.48. The van der Waals surface area contributed by atoms with Crippen molar-refractivity contribution in [3.05, 3.63) is 42.1 Å². The van der Waals surface area contributed by atoms with Gasteiger partial charge in [-0.1, -0.05) is 6.07 Å². The van der Waals surface area contributed by atoms with E-state index >= 15 is 0 Å². The average molecular weight is 383 g/mol. The van der Waals surface area contributed by atoms with E-state index in [1.807, 2.05) is 6.07 Å². The minimum absolute atomic E-state index is 0.373. The zero-order chi connectivity index (χ0) is 18.6. The van der Waals surface area contributed by atoms with E-state index in [1.54, 1.807) is 30.5 Å². The van der Waals surface area contributed by atoms with E-state index in [1.165, 1.54) is 0 Å². The maximum atomic E-state index is 12.5. The second-order valence-electron chi connectivity index (χ2n) is 6.13. The summed E-state index contributed by atoms with van der Waals surface area (Å²) in [6.45, 7) is 1.34. The van der Waals surface area contributed by atoms with Gasteiger partial charge in [0.25, 0.3) is 5.91 Å². The quantitative estimate of drug-likeness (QED) is 0.676. The molecule has 1 fully saturated rings. The van der Waals surface area contributed by atoms with Gasteiger partial charge in [0.1, 0.15) is 22.4 Å². The van der Waals surface area contributed by atoms with Gasteiger partial charge >= 0.3 is 5.97 Å². The fraction of sp³-hybridized carbons (Fsp3) is 0.278. The van der Waals surface area contributed by atoms with E-state index in [-0.39, 0.29) is 6.61 Å². The molecule has 1 amide bonds. The van der Waals surface area contributed by atoms with Crippen LogP contribution in [0.25, 0.3) is 11.0 Å². The highest BCUT2D eigenvalue weighted by Gasteiger charge is 2.22. The third kappa shape index (κ3) is 3.72. The molecule has 138 valence electrons. The molecule has 1 aliphatic rings. The number of fused-ring (bicyclic) bond motifs is 1. The highest BCUT2D eigenvalue weighted by molar-refractivity contribution is 7.00. The number of esters is 1. The first-order valence-electron chi connectivity index (χ1n) is 8.60. The van der Waals surface area contributed by atoms with Gasteiger partial charge in [0, 0.05) is 19.3 Å². The standard InChI is InChI=1S/C18H17N5O3S/c24-15(20-13-6-3-7-14-16(13)22-27-21-14)11-26-18(25)12-5-4-8-19-17(12)23-9-1-2-10-23/h3-8H,1-2,9-11H2,(H,20,24). The number of benzene rings is 1. The monoisotopic (exact) mass is 383 g/mol. The number of nitrogens with zero attached hydrogens (tertiary/aromatic N) is 4. The number of anilines is 2. The normalized spacial score (nSPS) is 13.7. The minimum Gasteiger partial charge on any atom is -0.452 e. The summed E-state index contributed by atoms with van der Waals surface area (Å²) in [5.74, 6) is -0.386. The first-order chi connectivity index (χ1) is 13.2. The van der Waals surface area contributed by atoms with Crippen LogP contribution in [0.1, 0.15) is 23.2 Å². The van der Waals surface area contributed by atoms with Crippen LogP contribution in [0.3, 0.4) is 0 Å². The maximum Gasteiger partial charge on any atom is 0.342 e. The Morgan fingerprint density at radius 3 is 2.85 bits per heavy atom. The van der Waals surface area contributed by atoms with Crippen molar-refractivity contribution in [1.82, 2.24) is 13.7 Å². The molecule has 9 heteroatoms. The van der Waals surface area contributed by atoms with Crippen molar-refractivity contribution in [1.29, 1.82) is 0 Å². The molecule has 2 aromatic heterocycles. The Hall–Kier alpha value is -3.07. The summed E-state index contributed by atoms with van der Waals surface area (Å²) in [5, 5.41) is 2.71. The Bertz CT molecular complexity index is 984. The molecule has 27 heavy (non-hydrogen) atoms. The van der Waals surface area contributed by atoms with E-state index in [0.29, 0.717) is 28.1 Å². The smallest absolute Gasteiger partial charge is 0.342 e. The van der Waals surface area contributed by atoms with Gasteiger partial charge in [-0.2, -0.15) is 8.75 Å². The predicted molar refractivity (Wildman–Crippen MR) is 102 cm³/mol. The summed E-state index contributed by atoms with van der Waals surface area (Å²) in [7, 11) is 0. The number of rotatable bonds is 5. The largest absolute Gasteiger partial charge is 0.452 e. The second-order valence-corrected chi connectivity index (χ2v) is 6.66. The number of nitrogens with one attached hydrogen (secondary N) is 1. The molecule has 1 saturated heterocycles. The molecule has 0 aliphatic carbocycles. The molecule has 0 atom stereocenters. The fourth-order valence-corrected chi connectivity index (χ4v) is 3.59. The lowest BCUT2D eigenvalue weighted by atomic mass is 10.2. The van der Waals surface area contributed by atoms with Gasteiger partial charge in [-0.3, -0.25) is 4.79 Å². The molecular weight excluding hydrogens is 366 g/mol. The molecule has 3 heterocycles. The Morgan fingerprint density at radius 2 is 2.00 bits per heavy atom. The third-order valence-corrected chi connectivity index (χ3v) is 4.85. The Morgan fingerprint density at radius 1 is 1.15 bits per heavy atom. The highest BCUT2D eigenvalue weighted by Crippen LogP contribution is 2.23. The summed E-state index contributed by atoms with van der Waals surface area (Å²) in [4.78, 5) is 31.0. The number of amides is 1. The number of hydrogen-bond donors (Lipinski definition) is 1. The van der Waals surface area contributed by atoms with E-state index in [9.17, 15) is 9.59 Å². The van der Waals surface area contributed by atoms with Crippen molar-refractivity contribution in [3.63, 3.8) is 0 Å². The molecule has 0 saturated carbocycles. The van der Waals surface area contributed by atoms with Crippen LogP contribution < -0.4 is 10.2 Å². The van der Waals surface area contributed by atoms with E-state index in [4.69, 9.17) is 4.74 Å². The Kier molecular flexibility index (Phi) is 4.93. The van der Waals surface area contributed by atoms with Gasteiger partial charge in [-0.25, -0.2) is 9.78 Å². The number of ether oxygens (including phenoxy) is 1. The maximum absolute atomic E-state index is 12.5. The summed E-state index contributed by atoms with van der Waals surface area (Å²) < 4.78 is 13.5. The zero-order valence-electron chi connectivity index (χ0n) is 14.4. The molecule has 1 aromatic carbocycles. The van der Waals surface area contributed by atoms with Crippen LogP contribution in [0.2, 0.25) is 0 Å². The molecular formula is C18H17N5O3S. The molecule has 0 bridgehead atoms. The van der Waals surface area contributed by atoms with Gasteiger partial charge < -0.3 is 15.0 Å². The number of aromatic nitrogens is 3. The van der Waals surface area contributed by atoms with Crippen molar-refractivity contribution in [2.24, 2.45) is 0 Å². The Labute approximate surface area is 159 Å². The molecule has 1 aliphatic heterocycles. The van der Waals surface area contributed by atoms with Gasteiger partial charge in [-0.05, 0) is 37.1 Å². The molecule has 0 unspecified atom stereocenters. The lowest BCUT2D eigenvalue weighted by Crippen LogP contribution is -2.25. The third-order valence-electron chi connectivity index (χ3n) is 4.31. The van der Waals surface area contributed by atoms with Gasteiger partial charge in [0.15, 0.2) is 6.61 Å². The fourth-order valence-electron chi connectivity index (χ4n) is 3.04.